The number of rotatable bonds is 8. The first-order valence-electron chi connectivity index (χ1n) is 9.69. The van der Waals surface area contributed by atoms with E-state index in [1.807, 2.05) is 12.1 Å². The smallest absolute Gasteiger partial charge is 0.338 e. The second kappa shape index (κ2) is 9.41. The summed E-state index contributed by atoms with van der Waals surface area (Å²) in [5.74, 6) is 1.49. The summed E-state index contributed by atoms with van der Waals surface area (Å²) in [4.78, 5) is 12.3. The van der Waals surface area contributed by atoms with Crippen LogP contribution in [0.5, 0.6) is 11.5 Å². The van der Waals surface area contributed by atoms with Crippen molar-refractivity contribution < 1.29 is 28.2 Å². The van der Waals surface area contributed by atoms with Gasteiger partial charge in [0.2, 0.25) is 5.89 Å². The number of carbonyl (C=O) groups is 1. The van der Waals surface area contributed by atoms with Crippen LogP contribution in [0.1, 0.15) is 29.1 Å². The number of methoxy groups -OCH3 is 1. The normalized spacial score (nSPS) is 15.7. The van der Waals surface area contributed by atoms with Crippen molar-refractivity contribution in [1.29, 1.82) is 0 Å². The van der Waals surface area contributed by atoms with Crippen molar-refractivity contribution in [3.8, 4) is 23.0 Å². The molecule has 1 unspecified atom stereocenters. The van der Waals surface area contributed by atoms with Crippen molar-refractivity contribution in [1.82, 2.24) is 10.2 Å². The second-order valence-corrected chi connectivity index (χ2v) is 6.78. The summed E-state index contributed by atoms with van der Waals surface area (Å²) in [6, 6.07) is 14.0. The summed E-state index contributed by atoms with van der Waals surface area (Å²) >= 11 is 0. The first-order valence-corrected chi connectivity index (χ1v) is 9.69. The van der Waals surface area contributed by atoms with Gasteiger partial charge in [-0.25, -0.2) is 4.79 Å². The first kappa shape index (κ1) is 19.9. The lowest BCUT2D eigenvalue weighted by atomic mass is 10.2. The first-order chi connectivity index (χ1) is 14.7. The third-order valence-electron chi connectivity index (χ3n) is 4.68. The fraction of sp³-hybridized carbons (Fsp3) is 0.318. The molecule has 2 heterocycles. The lowest BCUT2D eigenvalue weighted by Gasteiger charge is -2.11. The van der Waals surface area contributed by atoms with E-state index in [1.54, 1.807) is 43.5 Å². The van der Waals surface area contributed by atoms with Gasteiger partial charge in [-0.15, -0.1) is 10.2 Å². The second-order valence-electron chi connectivity index (χ2n) is 6.78. The van der Waals surface area contributed by atoms with E-state index >= 15 is 0 Å². The van der Waals surface area contributed by atoms with Crippen LogP contribution in [0, 0.1) is 0 Å². The quantitative estimate of drug-likeness (QED) is 0.520. The van der Waals surface area contributed by atoms with Crippen molar-refractivity contribution in [3.05, 3.63) is 60.0 Å². The number of esters is 1. The van der Waals surface area contributed by atoms with Crippen LogP contribution in [0.4, 0.5) is 0 Å². The van der Waals surface area contributed by atoms with Crippen molar-refractivity contribution in [2.24, 2.45) is 0 Å². The van der Waals surface area contributed by atoms with Gasteiger partial charge in [0.1, 0.15) is 18.1 Å². The number of hydrogen-bond acceptors (Lipinski definition) is 8. The van der Waals surface area contributed by atoms with Crippen molar-refractivity contribution in [2.45, 2.75) is 25.6 Å². The van der Waals surface area contributed by atoms with E-state index in [0.717, 1.165) is 30.8 Å². The minimum atomic E-state index is -0.482. The molecule has 1 atom stereocenters. The zero-order chi connectivity index (χ0) is 20.8. The van der Waals surface area contributed by atoms with Crippen LogP contribution in [0.2, 0.25) is 0 Å². The zero-order valence-electron chi connectivity index (χ0n) is 16.6. The topological polar surface area (TPSA) is 92.9 Å². The molecule has 2 aromatic carbocycles. The minimum Gasteiger partial charge on any atom is -0.497 e. The number of benzene rings is 2. The van der Waals surface area contributed by atoms with Gasteiger partial charge in [-0.3, -0.25) is 0 Å². The summed E-state index contributed by atoms with van der Waals surface area (Å²) in [7, 11) is 1.60. The molecule has 8 nitrogen and oxygen atoms in total. The molecule has 1 aliphatic rings. The highest BCUT2D eigenvalue weighted by Crippen LogP contribution is 2.22. The van der Waals surface area contributed by atoms with Gasteiger partial charge >= 0.3 is 5.97 Å². The highest BCUT2D eigenvalue weighted by Gasteiger charge is 2.16. The van der Waals surface area contributed by atoms with Gasteiger partial charge < -0.3 is 23.4 Å². The molecule has 1 aromatic heterocycles. The lowest BCUT2D eigenvalue weighted by molar-refractivity contribution is 0.0438. The Labute approximate surface area is 173 Å². The fourth-order valence-electron chi connectivity index (χ4n) is 3.03. The number of hydrogen-bond donors (Lipinski definition) is 0. The monoisotopic (exact) mass is 410 g/mol. The Balaban J connectivity index is 1.28. The fourth-order valence-corrected chi connectivity index (χ4v) is 3.03. The maximum Gasteiger partial charge on any atom is 0.338 e. The van der Waals surface area contributed by atoms with E-state index in [9.17, 15) is 4.79 Å². The largest absolute Gasteiger partial charge is 0.497 e. The van der Waals surface area contributed by atoms with Crippen LogP contribution in [-0.2, 0) is 16.1 Å². The molecule has 0 bridgehead atoms. The molecule has 1 saturated heterocycles. The minimum absolute atomic E-state index is 0.112. The average Bonchev–Trinajstić information content (AvgIpc) is 3.49. The van der Waals surface area contributed by atoms with E-state index in [-0.39, 0.29) is 18.6 Å². The molecule has 4 rings (SSSR count). The molecular formula is C22H22N2O6. The van der Waals surface area contributed by atoms with Crippen LogP contribution in [0.15, 0.2) is 52.9 Å². The van der Waals surface area contributed by atoms with Gasteiger partial charge in [-0.2, -0.15) is 0 Å². The standard InChI is InChI=1S/C22H22N2O6/c1-26-17-8-4-15(5-9-17)21-24-23-20(30-21)14-29-22(25)16-6-10-18(11-7-16)28-13-19-3-2-12-27-19/h4-11,19H,2-3,12-14H2,1H3. The molecule has 0 saturated carbocycles. The molecule has 0 spiro atoms. The molecule has 3 aromatic rings. The van der Waals surface area contributed by atoms with E-state index in [1.165, 1.54) is 0 Å². The van der Waals surface area contributed by atoms with Gasteiger partial charge in [0, 0.05) is 12.2 Å². The number of ether oxygens (including phenoxy) is 4. The predicted molar refractivity (Wildman–Crippen MR) is 106 cm³/mol. The Bertz CT molecular complexity index is 962. The number of nitrogens with zero attached hydrogens (tertiary/aromatic N) is 2. The van der Waals surface area contributed by atoms with Gasteiger partial charge in [0.15, 0.2) is 6.61 Å². The Kier molecular flexibility index (Phi) is 6.24. The van der Waals surface area contributed by atoms with Gasteiger partial charge in [-0.05, 0) is 61.4 Å². The molecular weight excluding hydrogens is 388 g/mol. The predicted octanol–water partition coefficient (Wildman–Crippen LogP) is 3.66. The molecule has 1 fully saturated rings. The highest BCUT2D eigenvalue weighted by molar-refractivity contribution is 5.89. The number of aromatic nitrogens is 2. The van der Waals surface area contributed by atoms with Crippen LogP contribution < -0.4 is 9.47 Å². The lowest BCUT2D eigenvalue weighted by Crippen LogP contribution is -2.16. The molecule has 0 aliphatic carbocycles. The molecule has 0 radical (unpaired) electrons. The van der Waals surface area contributed by atoms with Gasteiger partial charge in [0.05, 0.1) is 18.8 Å². The van der Waals surface area contributed by atoms with Gasteiger partial charge in [-0.1, -0.05) is 0 Å². The van der Waals surface area contributed by atoms with Crippen molar-refractivity contribution in [2.75, 3.05) is 20.3 Å². The summed E-state index contributed by atoms with van der Waals surface area (Å²) < 4.78 is 27.2. The highest BCUT2D eigenvalue weighted by atomic mass is 16.5. The van der Waals surface area contributed by atoms with Crippen LogP contribution in [-0.4, -0.2) is 42.6 Å². The molecule has 0 N–H and O–H groups in total. The van der Waals surface area contributed by atoms with E-state index in [2.05, 4.69) is 10.2 Å². The van der Waals surface area contributed by atoms with Crippen LogP contribution in [0.3, 0.4) is 0 Å². The summed E-state index contributed by atoms with van der Waals surface area (Å²) in [6.45, 7) is 1.19. The molecule has 1 aliphatic heterocycles. The van der Waals surface area contributed by atoms with Crippen molar-refractivity contribution >= 4 is 5.97 Å². The number of carbonyl (C=O) groups excluding carboxylic acids is 1. The Morgan fingerprint density at radius 3 is 2.53 bits per heavy atom. The van der Waals surface area contributed by atoms with E-state index in [4.69, 9.17) is 23.4 Å². The Hall–Kier alpha value is -3.39. The third kappa shape index (κ3) is 4.96. The summed E-state index contributed by atoms with van der Waals surface area (Å²) in [5.41, 5.74) is 1.16. The maximum absolute atomic E-state index is 12.3. The Morgan fingerprint density at radius 1 is 1.07 bits per heavy atom. The van der Waals surface area contributed by atoms with Crippen molar-refractivity contribution in [3.63, 3.8) is 0 Å². The molecule has 30 heavy (non-hydrogen) atoms. The Morgan fingerprint density at radius 2 is 1.83 bits per heavy atom. The third-order valence-corrected chi connectivity index (χ3v) is 4.68. The summed E-state index contributed by atoms with van der Waals surface area (Å²) in [5, 5.41) is 7.90. The van der Waals surface area contributed by atoms with Crippen LogP contribution >= 0.6 is 0 Å². The SMILES string of the molecule is COc1ccc(-c2nnc(COC(=O)c3ccc(OCC4CCCO4)cc3)o2)cc1. The average molecular weight is 410 g/mol. The zero-order valence-corrected chi connectivity index (χ0v) is 16.6. The van der Waals surface area contributed by atoms with E-state index < -0.39 is 5.97 Å². The van der Waals surface area contributed by atoms with E-state index in [0.29, 0.717) is 23.8 Å². The molecule has 156 valence electrons. The molecule has 8 heteroatoms. The summed E-state index contributed by atoms with van der Waals surface area (Å²) in [6.07, 6.45) is 2.23. The van der Waals surface area contributed by atoms with Crippen LogP contribution in [0.25, 0.3) is 11.5 Å². The molecule has 0 amide bonds. The maximum atomic E-state index is 12.3. The van der Waals surface area contributed by atoms with Gasteiger partial charge in [0.25, 0.3) is 5.89 Å².